The Morgan fingerprint density at radius 2 is 1.53 bits per heavy atom. The van der Waals surface area contributed by atoms with Crippen LogP contribution in [-0.4, -0.2) is 0 Å². The van der Waals surface area contributed by atoms with E-state index in [0.29, 0.717) is 0 Å². The quantitative estimate of drug-likeness (QED) is 0.461. The molecule has 0 aliphatic heterocycles. The van der Waals surface area contributed by atoms with Crippen molar-refractivity contribution < 1.29 is 17.6 Å². The molecule has 5 heteroatoms. The first-order valence-electron chi connectivity index (χ1n) is 4.69. The lowest BCUT2D eigenvalue weighted by Gasteiger charge is -2.07. The standard InChI is InChI=1S/C12H7F4N/c13-7-3-1-2-6(4-7)8-5-9(17)11(15)12(16)10(8)14/h1-5H,17H2. The monoisotopic (exact) mass is 241 g/mol. The van der Waals surface area contributed by atoms with Crippen molar-refractivity contribution in [2.24, 2.45) is 0 Å². The number of anilines is 1. The molecule has 0 atom stereocenters. The Kier molecular flexibility index (Phi) is 2.75. The van der Waals surface area contributed by atoms with Gasteiger partial charge in [-0.3, -0.25) is 0 Å². The van der Waals surface area contributed by atoms with Crippen molar-refractivity contribution in [1.29, 1.82) is 0 Å². The normalized spacial score (nSPS) is 10.6. The Morgan fingerprint density at radius 1 is 0.824 bits per heavy atom. The third-order valence-electron chi connectivity index (χ3n) is 2.31. The Bertz CT molecular complexity index is 581. The number of hydrogen-bond acceptors (Lipinski definition) is 1. The smallest absolute Gasteiger partial charge is 0.197 e. The van der Waals surface area contributed by atoms with E-state index in [-0.39, 0.29) is 11.1 Å². The van der Waals surface area contributed by atoms with Crippen molar-refractivity contribution in [3.05, 3.63) is 53.6 Å². The molecule has 0 unspecified atom stereocenters. The minimum Gasteiger partial charge on any atom is -0.396 e. The summed E-state index contributed by atoms with van der Waals surface area (Å²) >= 11 is 0. The van der Waals surface area contributed by atoms with Crippen molar-refractivity contribution in [1.82, 2.24) is 0 Å². The van der Waals surface area contributed by atoms with Gasteiger partial charge in [0.2, 0.25) is 0 Å². The summed E-state index contributed by atoms with van der Waals surface area (Å²) in [6, 6.07) is 5.81. The Morgan fingerprint density at radius 3 is 2.18 bits per heavy atom. The third-order valence-corrected chi connectivity index (χ3v) is 2.31. The van der Waals surface area contributed by atoms with E-state index in [1.165, 1.54) is 12.1 Å². The van der Waals surface area contributed by atoms with E-state index < -0.39 is 29.0 Å². The fraction of sp³-hybridized carbons (Fsp3) is 0. The van der Waals surface area contributed by atoms with Crippen LogP contribution in [0.5, 0.6) is 0 Å². The molecule has 17 heavy (non-hydrogen) atoms. The summed E-state index contributed by atoms with van der Waals surface area (Å²) in [5.74, 6) is -5.10. The first kappa shape index (κ1) is 11.4. The molecule has 1 nitrogen and oxygen atoms in total. The van der Waals surface area contributed by atoms with Crippen molar-refractivity contribution in [2.75, 3.05) is 5.73 Å². The molecule has 2 N–H and O–H groups in total. The third kappa shape index (κ3) is 1.95. The zero-order chi connectivity index (χ0) is 12.6. The highest BCUT2D eigenvalue weighted by molar-refractivity contribution is 5.68. The molecule has 0 saturated carbocycles. The molecule has 0 radical (unpaired) electrons. The minimum absolute atomic E-state index is 0.0908. The average molecular weight is 241 g/mol. The van der Waals surface area contributed by atoms with E-state index in [0.717, 1.165) is 18.2 Å². The molecule has 2 aromatic rings. The maximum absolute atomic E-state index is 13.5. The van der Waals surface area contributed by atoms with Crippen molar-refractivity contribution >= 4 is 5.69 Å². The van der Waals surface area contributed by atoms with Crippen LogP contribution >= 0.6 is 0 Å². The molecule has 0 amide bonds. The van der Waals surface area contributed by atoms with Gasteiger partial charge in [-0.2, -0.15) is 0 Å². The Labute approximate surface area is 94.5 Å². The number of nitrogen functional groups attached to an aromatic ring is 1. The first-order valence-corrected chi connectivity index (χ1v) is 4.69. The summed E-state index contributed by atoms with van der Waals surface area (Å²) in [5.41, 5.74) is 4.48. The van der Waals surface area contributed by atoms with Gasteiger partial charge in [0.25, 0.3) is 0 Å². The van der Waals surface area contributed by atoms with E-state index in [2.05, 4.69) is 0 Å². The zero-order valence-corrected chi connectivity index (χ0v) is 8.48. The fourth-order valence-corrected chi connectivity index (χ4v) is 1.49. The van der Waals surface area contributed by atoms with Gasteiger partial charge in [0.1, 0.15) is 5.82 Å². The van der Waals surface area contributed by atoms with Crippen LogP contribution in [0.15, 0.2) is 30.3 Å². The van der Waals surface area contributed by atoms with Crippen molar-refractivity contribution in [3.63, 3.8) is 0 Å². The van der Waals surface area contributed by atoms with Crippen LogP contribution in [0.1, 0.15) is 0 Å². The van der Waals surface area contributed by atoms with Crippen LogP contribution < -0.4 is 5.73 Å². The number of rotatable bonds is 1. The van der Waals surface area contributed by atoms with Gasteiger partial charge < -0.3 is 5.73 Å². The molecule has 0 heterocycles. The fourth-order valence-electron chi connectivity index (χ4n) is 1.49. The summed E-state index contributed by atoms with van der Waals surface area (Å²) in [6.07, 6.45) is 0. The van der Waals surface area contributed by atoms with Crippen LogP contribution in [0.2, 0.25) is 0 Å². The van der Waals surface area contributed by atoms with Crippen LogP contribution in [-0.2, 0) is 0 Å². The van der Waals surface area contributed by atoms with E-state index in [9.17, 15) is 17.6 Å². The highest BCUT2D eigenvalue weighted by Crippen LogP contribution is 2.29. The molecule has 0 aliphatic carbocycles. The van der Waals surface area contributed by atoms with Crippen LogP contribution in [0.4, 0.5) is 23.2 Å². The van der Waals surface area contributed by atoms with Gasteiger partial charge in [0.15, 0.2) is 17.5 Å². The lowest BCUT2D eigenvalue weighted by Crippen LogP contribution is -2.00. The van der Waals surface area contributed by atoms with E-state index in [4.69, 9.17) is 5.73 Å². The van der Waals surface area contributed by atoms with Gasteiger partial charge in [0.05, 0.1) is 5.69 Å². The largest absolute Gasteiger partial charge is 0.396 e. The lowest BCUT2D eigenvalue weighted by molar-refractivity contribution is 0.451. The average Bonchev–Trinajstić information content (AvgIpc) is 2.31. The lowest BCUT2D eigenvalue weighted by atomic mass is 10.0. The van der Waals surface area contributed by atoms with Gasteiger partial charge in [-0.1, -0.05) is 12.1 Å². The summed E-state index contributed by atoms with van der Waals surface area (Å²) < 4.78 is 52.5. The second-order valence-electron chi connectivity index (χ2n) is 3.47. The summed E-state index contributed by atoms with van der Waals surface area (Å²) in [7, 11) is 0. The van der Waals surface area contributed by atoms with Crippen molar-refractivity contribution in [2.45, 2.75) is 0 Å². The molecule has 0 bridgehead atoms. The molecule has 0 aromatic heterocycles. The minimum atomic E-state index is -1.66. The van der Waals surface area contributed by atoms with Crippen LogP contribution in [0, 0.1) is 23.3 Å². The molecule has 0 fully saturated rings. The summed E-state index contributed by atoms with van der Waals surface area (Å²) in [5, 5.41) is 0. The van der Waals surface area contributed by atoms with Gasteiger partial charge in [0, 0.05) is 5.56 Å². The maximum Gasteiger partial charge on any atom is 0.197 e. The topological polar surface area (TPSA) is 26.0 Å². The Balaban J connectivity index is 2.68. The number of halogens is 4. The highest BCUT2D eigenvalue weighted by Gasteiger charge is 2.18. The van der Waals surface area contributed by atoms with E-state index in [1.807, 2.05) is 0 Å². The number of hydrogen-bond donors (Lipinski definition) is 1. The second-order valence-corrected chi connectivity index (χ2v) is 3.47. The molecule has 0 spiro atoms. The zero-order valence-electron chi connectivity index (χ0n) is 8.48. The highest BCUT2D eigenvalue weighted by atomic mass is 19.2. The van der Waals surface area contributed by atoms with Gasteiger partial charge >= 0.3 is 0 Å². The maximum atomic E-state index is 13.5. The molecule has 2 aromatic carbocycles. The summed E-state index contributed by atoms with van der Waals surface area (Å²) in [6.45, 7) is 0. The Hall–Kier alpha value is -2.04. The van der Waals surface area contributed by atoms with Crippen LogP contribution in [0.3, 0.4) is 0 Å². The van der Waals surface area contributed by atoms with Crippen LogP contribution in [0.25, 0.3) is 11.1 Å². The predicted molar refractivity (Wildman–Crippen MR) is 56.1 cm³/mol. The molecular weight excluding hydrogens is 234 g/mol. The number of nitrogens with two attached hydrogens (primary N) is 1. The van der Waals surface area contributed by atoms with Gasteiger partial charge in [-0.25, -0.2) is 17.6 Å². The predicted octanol–water partition coefficient (Wildman–Crippen LogP) is 3.49. The van der Waals surface area contributed by atoms with E-state index >= 15 is 0 Å². The molecule has 0 aliphatic rings. The summed E-state index contributed by atoms with van der Waals surface area (Å²) in [4.78, 5) is 0. The van der Waals surface area contributed by atoms with Gasteiger partial charge in [-0.05, 0) is 23.8 Å². The first-order chi connectivity index (χ1) is 8.00. The molecule has 0 saturated heterocycles. The molecule has 88 valence electrons. The van der Waals surface area contributed by atoms with Gasteiger partial charge in [-0.15, -0.1) is 0 Å². The van der Waals surface area contributed by atoms with Crippen molar-refractivity contribution in [3.8, 4) is 11.1 Å². The molecule has 2 rings (SSSR count). The number of benzene rings is 2. The molecular formula is C12H7F4N. The SMILES string of the molecule is Nc1cc(-c2cccc(F)c2)c(F)c(F)c1F. The second kappa shape index (κ2) is 4.08. The van der Waals surface area contributed by atoms with E-state index in [1.54, 1.807) is 0 Å².